The molecule has 1 amide bonds. The third kappa shape index (κ3) is 5.59. The van der Waals surface area contributed by atoms with Crippen LogP contribution in [0.4, 0.5) is 0 Å². The average Bonchev–Trinajstić information content (AvgIpc) is 3.28. The molecule has 0 radical (unpaired) electrons. The number of likely N-dealkylation sites (tertiary alicyclic amines) is 1. The smallest absolute Gasteiger partial charge is 0.267 e. The van der Waals surface area contributed by atoms with E-state index < -0.39 is 0 Å². The first kappa shape index (κ1) is 23.8. The molecule has 176 valence electrons. The Hall–Kier alpha value is -2.37. The highest BCUT2D eigenvalue weighted by molar-refractivity contribution is 6.30. The number of halogens is 1. The highest BCUT2D eigenvalue weighted by atomic mass is 35.5. The zero-order valence-electron chi connectivity index (χ0n) is 19.7. The Morgan fingerprint density at radius 2 is 1.79 bits per heavy atom. The maximum Gasteiger partial charge on any atom is 0.267 e. The van der Waals surface area contributed by atoms with E-state index in [1.807, 2.05) is 11.0 Å². The lowest BCUT2D eigenvalue weighted by molar-refractivity contribution is -0.137. The Morgan fingerprint density at radius 3 is 2.42 bits per heavy atom. The molecule has 1 N–H and O–H groups in total. The van der Waals surface area contributed by atoms with E-state index in [4.69, 9.17) is 16.3 Å². The van der Waals surface area contributed by atoms with E-state index in [0.29, 0.717) is 19.8 Å². The van der Waals surface area contributed by atoms with Crippen LogP contribution in [-0.4, -0.2) is 42.1 Å². The van der Waals surface area contributed by atoms with Gasteiger partial charge in [-0.3, -0.25) is 9.59 Å². The summed E-state index contributed by atoms with van der Waals surface area (Å²) in [5, 5.41) is 0.176. The number of hydrogen-bond donors (Lipinski definition) is 1. The van der Waals surface area contributed by atoms with Gasteiger partial charge in [0.05, 0.1) is 0 Å². The van der Waals surface area contributed by atoms with Crippen molar-refractivity contribution in [3.05, 3.63) is 74.7 Å². The predicted octanol–water partition coefficient (Wildman–Crippen LogP) is 5.03. The number of benzene rings is 1. The van der Waals surface area contributed by atoms with Crippen molar-refractivity contribution in [2.24, 2.45) is 11.8 Å². The number of rotatable bonds is 4. The van der Waals surface area contributed by atoms with Crippen LogP contribution in [0.1, 0.15) is 56.9 Å². The van der Waals surface area contributed by atoms with Gasteiger partial charge >= 0.3 is 0 Å². The molecule has 1 aromatic heterocycles. The van der Waals surface area contributed by atoms with E-state index in [2.05, 4.69) is 56.1 Å². The first-order valence-electron chi connectivity index (χ1n) is 11.8. The lowest BCUT2D eigenvalue weighted by atomic mass is 9.85. The molecule has 33 heavy (non-hydrogen) atoms. The summed E-state index contributed by atoms with van der Waals surface area (Å²) in [4.78, 5) is 30.1. The molecule has 2 fully saturated rings. The van der Waals surface area contributed by atoms with Crippen LogP contribution in [0.25, 0.3) is 5.57 Å². The third-order valence-corrected chi connectivity index (χ3v) is 7.02. The molecule has 1 atom stereocenters. The summed E-state index contributed by atoms with van der Waals surface area (Å²) in [5.41, 5.74) is 3.76. The highest BCUT2D eigenvalue weighted by Crippen LogP contribution is 2.31. The Labute approximate surface area is 200 Å². The molecule has 4 rings (SSSR count). The molecule has 0 bridgehead atoms. The summed E-state index contributed by atoms with van der Waals surface area (Å²) in [5.74, 6) is 0.564. The van der Waals surface area contributed by atoms with Gasteiger partial charge < -0.3 is 14.6 Å². The fourth-order valence-electron chi connectivity index (χ4n) is 4.67. The van der Waals surface area contributed by atoms with Gasteiger partial charge in [0.15, 0.2) is 0 Å². The van der Waals surface area contributed by atoms with Crippen LogP contribution in [-0.2, 0) is 14.9 Å². The monoisotopic (exact) mass is 468 g/mol. The van der Waals surface area contributed by atoms with Gasteiger partial charge in [0.1, 0.15) is 5.02 Å². The van der Waals surface area contributed by atoms with Gasteiger partial charge in [0.2, 0.25) is 5.91 Å². The standard InChI is InChI=1S/C27H33ClN2O3/c1-27(2,3)21-6-4-19(5-7-21)22(24-9-8-23(28)25(31)29-24)16-18-10-13-30(17-18)26(32)20-11-14-33-15-12-20/h4-9,16,18,20H,10-15,17H2,1-3H3,(H,29,31)/b22-16+/t18-/m1/s1. The molecule has 2 aliphatic heterocycles. The van der Waals surface area contributed by atoms with E-state index in [1.54, 1.807) is 6.07 Å². The van der Waals surface area contributed by atoms with Gasteiger partial charge in [0, 0.05) is 43.5 Å². The van der Waals surface area contributed by atoms with Crippen molar-refractivity contribution < 1.29 is 9.53 Å². The Morgan fingerprint density at radius 1 is 1.09 bits per heavy atom. The second-order valence-corrected chi connectivity index (χ2v) is 10.6. The summed E-state index contributed by atoms with van der Waals surface area (Å²) < 4.78 is 5.41. The van der Waals surface area contributed by atoms with Crippen LogP contribution < -0.4 is 5.56 Å². The van der Waals surface area contributed by atoms with E-state index in [0.717, 1.165) is 42.6 Å². The van der Waals surface area contributed by atoms with E-state index in [1.165, 1.54) is 5.56 Å². The summed E-state index contributed by atoms with van der Waals surface area (Å²) in [6.45, 7) is 9.40. The first-order chi connectivity index (χ1) is 15.7. The number of aromatic amines is 1. The molecule has 2 aromatic rings. The number of aromatic nitrogens is 1. The van der Waals surface area contributed by atoms with Gasteiger partial charge in [-0.15, -0.1) is 0 Å². The third-order valence-electron chi connectivity index (χ3n) is 6.72. The van der Waals surface area contributed by atoms with Gasteiger partial charge in [-0.2, -0.15) is 0 Å². The quantitative estimate of drug-likeness (QED) is 0.684. The van der Waals surface area contributed by atoms with Crippen molar-refractivity contribution in [2.75, 3.05) is 26.3 Å². The van der Waals surface area contributed by atoms with Crippen molar-refractivity contribution in [3.63, 3.8) is 0 Å². The molecular formula is C27H33ClN2O3. The second kappa shape index (κ2) is 9.86. The molecule has 2 aliphatic rings. The minimum absolute atomic E-state index is 0.0630. The van der Waals surface area contributed by atoms with Crippen molar-refractivity contribution in [1.29, 1.82) is 0 Å². The van der Waals surface area contributed by atoms with Crippen LogP contribution in [0.3, 0.4) is 0 Å². The van der Waals surface area contributed by atoms with Crippen molar-refractivity contribution in [3.8, 4) is 0 Å². The lowest BCUT2D eigenvalue weighted by Crippen LogP contribution is -2.37. The second-order valence-electron chi connectivity index (χ2n) is 10.2. The maximum atomic E-state index is 13.0. The SMILES string of the molecule is CC(C)(C)c1ccc(/C(=C\[C@H]2CCN(C(=O)C3CCOCC3)C2)c2ccc(Cl)c(=O)[nH]2)cc1. The van der Waals surface area contributed by atoms with Crippen LogP contribution >= 0.6 is 11.6 Å². The van der Waals surface area contributed by atoms with Crippen molar-refractivity contribution in [2.45, 2.75) is 45.4 Å². The molecule has 0 unspecified atom stereocenters. The number of carbonyl (C=O) groups is 1. The molecule has 6 heteroatoms. The summed E-state index contributed by atoms with van der Waals surface area (Å²) >= 11 is 5.98. The number of amides is 1. The topological polar surface area (TPSA) is 62.4 Å². The number of H-pyrrole nitrogens is 1. The van der Waals surface area contributed by atoms with Crippen LogP contribution in [0.2, 0.25) is 5.02 Å². The molecule has 2 saturated heterocycles. The fraction of sp³-hybridized carbons (Fsp3) is 0.481. The van der Waals surface area contributed by atoms with E-state index >= 15 is 0 Å². The Balaban J connectivity index is 1.61. The predicted molar refractivity (Wildman–Crippen MR) is 133 cm³/mol. The number of ether oxygens (including phenoxy) is 1. The van der Waals surface area contributed by atoms with Gasteiger partial charge in [-0.1, -0.05) is 62.7 Å². The van der Waals surface area contributed by atoms with Gasteiger partial charge in [0.25, 0.3) is 5.56 Å². The molecule has 3 heterocycles. The minimum atomic E-state index is -0.297. The normalized spacial score (nSPS) is 20.3. The van der Waals surface area contributed by atoms with Crippen molar-refractivity contribution in [1.82, 2.24) is 9.88 Å². The average molecular weight is 469 g/mol. The zero-order chi connectivity index (χ0) is 23.6. The maximum absolute atomic E-state index is 13.0. The highest BCUT2D eigenvalue weighted by Gasteiger charge is 2.31. The van der Waals surface area contributed by atoms with Crippen LogP contribution in [0, 0.1) is 11.8 Å². The molecule has 5 nitrogen and oxygen atoms in total. The minimum Gasteiger partial charge on any atom is -0.381 e. The molecule has 0 spiro atoms. The molecule has 1 aromatic carbocycles. The number of hydrogen-bond acceptors (Lipinski definition) is 3. The summed E-state index contributed by atoms with van der Waals surface area (Å²) in [6.07, 6.45) is 4.75. The summed E-state index contributed by atoms with van der Waals surface area (Å²) in [7, 11) is 0. The van der Waals surface area contributed by atoms with E-state index in [-0.39, 0.29) is 33.7 Å². The van der Waals surface area contributed by atoms with Gasteiger partial charge in [-0.05, 0) is 53.9 Å². The number of nitrogens with zero attached hydrogens (tertiary/aromatic N) is 1. The van der Waals surface area contributed by atoms with Crippen LogP contribution in [0.15, 0.2) is 47.3 Å². The number of carbonyl (C=O) groups excluding carboxylic acids is 1. The Kier molecular flexibility index (Phi) is 7.10. The van der Waals surface area contributed by atoms with E-state index in [9.17, 15) is 9.59 Å². The molecular weight excluding hydrogens is 436 g/mol. The van der Waals surface area contributed by atoms with Crippen molar-refractivity contribution >= 4 is 23.1 Å². The first-order valence-corrected chi connectivity index (χ1v) is 12.2. The van der Waals surface area contributed by atoms with Gasteiger partial charge in [-0.25, -0.2) is 0 Å². The molecule has 0 aliphatic carbocycles. The summed E-state index contributed by atoms with van der Waals surface area (Å²) in [6, 6.07) is 12.0. The fourth-order valence-corrected chi connectivity index (χ4v) is 4.78. The number of pyridine rings is 1. The van der Waals surface area contributed by atoms with Crippen LogP contribution in [0.5, 0.6) is 0 Å². The Bertz CT molecular complexity index is 1080. The lowest BCUT2D eigenvalue weighted by Gasteiger charge is -2.26. The number of nitrogens with one attached hydrogen (secondary N) is 1. The molecule has 0 saturated carbocycles. The largest absolute Gasteiger partial charge is 0.381 e. The zero-order valence-corrected chi connectivity index (χ0v) is 20.5.